The van der Waals surface area contributed by atoms with Crippen molar-refractivity contribution in [2.24, 2.45) is 0 Å². The topological polar surface area (TPSA) is 105 Å². The van der Waals surface area contributed by atoms with Crippen molar-refractivity contribution in [1.82, 2.24) is 10.2 Å². The Hall–Kier alpha value is -2.79. The van der Waals surface area contributed by atoms with Gasteiger partial charge in [-0.25, -0.2) is 8.42 Å². The average molecular weight is 583 g/mol. The molecule has 0 spiro atoms. The molecular formula is C25H32BrN3O6S. The first-order valence-corrected chi connectivity index (χ1v) is 14.0. The van der Waals surface area contributed by atoms with Gasteiger partial charge in [-0.1, -0.05) is 28.1 Å². The van der Waals surface area contributed by atoms with Crippen molar-refractivity contribution >= 4 is 43.5 Å². The third-order valence-electron chi connectivity index (χ3n) is 5.56. The molecule has 196 valence electrons. The Balaban J connectivity index is 1.94. The zero-order valence-electron chi connectivity index (χ0n) is 21.1. The van der Waals surface area contributed by atoms with Crippen molar-refractivity contribution in [1.29, 1.82) is 0 Å². The molecule has 0 fully saturated rings. The minimum absolute atomic E-state index is 0.0413. The number of carbonyl (C=O) groups excluding carboxylic acids is 2. The number of nitrogens with zero attached hydrogens (tertiary/aromatic N) is 2. The fourth-order valence-electron chi connectivity index (χ4n) is 3.60. The van der Waals surface area contributed by atoms with Crippen LogP contribution in [0, 0.1) is 0 Å². The van der Waals surface area contributed by atoms with E-state index in [-0.39, 0.29) is 30.7 Å². The zero-order chi connectivity index (χ0) is 26.7. The molecule has 0 saturated heterocycles. The fourth-order valence-corrected chi connectivity index (χ4v) is 4.92. The van der Waals surface area contributed by atoms with Gasteiger partial charge in [0.1, 0.15) is 12.6 Å². The highest BCUT2D eigenvalue weighted by Crippen LogP contribution is 2.36. The molecule has 2 aromatic rings. The fraction of sp³-hybridized carbons (Fsp3) is 0.440. The Morgan fingerprint density at radius 1 is 1.08 bits per heavy atom. The summed E-state index contributed by atoms with van der Waals surface area (Å²) in [5.74, 6) is -0.143. The smallest absolute Gasteiger partial charge is 0.244 e. The van der Waals surface area contributed by atoms with Crippen molar-refractivity contribution in [3.8, 4) is 11.5 Å². The number of carbonyl (C=O) groups is 2. The lowest BCUT2D eigenvalue weighted by Crippen LogP contribution is -2.54. The van der Waals surface area contributed by atoms with Crippen molar-refractivity contribution in [3.63, 3.8) is 0 Å². The summed E-state index contributed by atoms with van der Waals surface area (Å²) in [6.07, 6.45) is 0. The van der Waals surface area contributed by atoms with Crippen LogP contribution in [0.2, 0.25) is 0 Å². The molecule has 0 bridgehead atoms. The van der Waals surface area contributed by atoms with E-state index in [1.807, 2.05) is 45.0 Å². The van der Waals surface area contributed by atoms with Crippen LogP contribution in [0.1, 0.15) is 40.2 Å². The molecule has 0 aromatic heterocycles. The molecule has 1 N–H and O–H groups in total. The van der Waals surface area contributed by atoms with Gasteiger partial charge in [0.25, 0.3) is 0 Å². The number of hydrogen-bond acceptors (Lipinski definition) is 6. The minimum atomic E-state index is -3.83. The minimum Gasteiger partial charge on any atom is -0.454 e. The lowest BCUT2D eigenvalue weighted by atomic mass is 10.1. The maximum Gasteiger partial charge on any atom is 0.244 e. The molecule has 11 heteroatoms. The molecule has 9 nitrogen and oxygen atoms in total. The van der Waals surface area contributed by atoms with Crippen LogP contribution in [0.5, 0.6) is 11.5 Å². The van der Waals surface area contributed by atoms with Crippen LogP contribution in [0.15, 0.2) is 46.9 Å². The molecule has 1 aliphatic rings. The first-order valence-electron chi connectivity index (χ1n) is 11.6. The maximum absolute atomic E-state index is 13.7. The van der Waals surface area contributed by atoms with Crippen molar-refractivity contribution in [2.45, 2.75) is 52.7 Å². The molecule has 2 aromatic carbocycles. The van der Waals surface area contributed by atoms with E-state index >= 15 is 0 Å². The SMILES string of the molecule is CCS(=O)(=O)N(CC(=O)N(Cc1ccc(Br)cc1)[C@H](C)C(=O)NC(C)(C)C)c1ccc2c(c1)OCO2. The zero-order valence-corrected chi connectivity index (χ0v) is 23.5. The lowest BCUT2D eigenvalue weighted by molar-refractivity contribution is -0.140. The van der Waals surface area contributed by atoms with Crippen LogP contribution >= 0.6 is 15.9 Å². The van der Waals surface area contributed by atoms with E-state index < -0.39 is 34.1 Å². The summed E-state index contributed by atoms with van der Waals surface area (Å²) in [5.41, 5.74) is 0.585. The van der Waals surface area contributed by atoms with Gasteiger partial charge < -0.3 is 19.7 Å². The standard InChI is InChI=1S/C25H32BrN3O6S/c1-6-36(32,33)29(20-11-12-21-22(13-20)35-16-34-21)15-23(30)28(14-18-7-9-19(26)10-8-18)17(2)24(31)27-25(3,4)5/h7-13,17H,6,14-16H2,1-5H3,(H,27,31)/t17-/m1/s1. The number of rotatable bonds is 9. The first kappa shape index (κ1) is 27.8. The van der Waals surface area contributed by atoms with Gasteiger partial charge >= 0.3 is 0 Å². The predicted molar refractivity (Wildman–Crippen MR) is 141 cm³/mol. The second-order valence-electron chi connectivity index (χ2n) is 9.51. The number of fused-ring (bicyclic) bond motifs is 1. The summed E-state index contributed by atoms with van der Waals surface area (Å²) < 4.78 is 38.7. The van der Waals surface area contributed by atoms with Gasteiger partial charge in [0.05, 0.1) is 11.4 Å². The summed E-state index contributed by atoms with van der Waals surface area (Å²) in [4.78, 5) is 28.1. The van der Waals surface area contributed by atoms with Crippen LogP contribution < -0.4 is 19.1 Å². The van der Waals surface area contributed by atoms with Gasteiger partial charge in [0, 0.05) is 22.6 Å². The van der Waals surface area contributed by atoms with Gasteiger partial charge in [-0.05, 0) is 64.4 Å². The van der Waals surface area contributed by atoms with Crippen molar-refractivity contribution in [3.05, 3.63) is 52.5 Å². The normalized spacial score (nSPS) is 13.7. The summed E-state index contributed by atoms with van der Waals surface area (Å²) >= 11 is 3.40. The Morgan fingerprint density at radius 3 is 2.33 bits per heavy atom. The van der Waals surface area contributed by atoms with Crippen LogP contribution in [0.25, 0.3) is 0 Å². The van der Waals surface area contributed by atoms with Crippen LogP contribution in [-0.4, -0.2) is 55.8 Å². The molecule has 0 saturated carbocycles. The molecule has 36 heavy (non-hydrogen) atoms. The van der Waals surface area contributed by atoms with E-state index in [1.165, 1.54) is 17.9 Å². The summed E-state index contributed by atoms with van der Waals surface area (Å²) in [6, 6.07) is 11.3. The number of ether oxygens (including phenoxy) is 2. The van der Waals surface area contributed by atoms with E-state index in [2.05, 4.69) is 21.2 Å². The monoisotopic (exact) mass is 581 g/mol. The van der Waals surface area contributed by atoms with Gasteiger partial charge in [0.2, 0.25) is 28.6 Å². The maximum atomic E-state index is 13.7. The van der Waals surface area contributed by atoms with E-state index in [9.17, 15) is 18.0 Å². The second kappa shape index (κ2) is 11.1. The number of sulfonamides is 1. The molecule has 1 heterocycles. The average Bonchev–Trinajstić information content (AvgIpc) is 3.28. The van der Waals surface area contributed by atoms with Crippen molar-refractivity contribution in [2.75, 3.05) is 23.4 Å². The van der Waals surface area contributed by atoms with Crippen LogP contribution in [0.3, 0.4) is 0 Å². The highest BCUT2D eigenvalue weighted by atomic mass is 79.9. The van der Waals surface area contributed by atoms with Gasteiger partial charge in [0.15, 0.2) is 11.5 Å². The number of amides is 2. The van der Waals surface area contributed by atoms with Gasteiger partial charge in [-0.2, -0.15) is 0 Å². The quantitative estimate of drug-likeness (QED) is 0.484. The molecule has 0 unspecified atom stereocenters. The van der Waals surface area contributed by atoms with Crippen LogP contribution in [0.4, 0.5) is 5.69 Å². The number of anilines is 1. The highest BCUT2D eigenvalue weighted by molar-refractivity contribution is 9.10. The number of hydrogen-bond donors (Lipinski definition) is 1. The summed E-state index contributed by atoms with van der Waals surface area (Å²) in [7, 11) is -3.83. The first-order chi connectivity index (χ1) is 16.8. The molecule has 1 atom stereocenters. The lowest BCUT2D eigenvalue weighted by Gasteiger charge is -2.33. The Kier molecular flexibility index (Phi) is 8.55. The number of nitrogens with one attached hydrogen (secondary N) is 1. The molecule has 0 aliphatic carbocycles. The second-order valence-corrected chi connectivity index (χ2v) is 12.6. The summed E-state index contributed by atoms with van der Waals surface area (Å²) in [6.45, 7) is 8.41. The highest BCUT2D eigenvalue weighted by Gasteiger charge is 2.32. The third kappa shape index (κ3) is 6.91. The largest absolute Gasteiger partial charge is 0.454 e. The molecule has 1 aliphatic heterocycles. The Labute approximate surface area is 220 Å². The molecule has 3 rings (SSSR count). The van der Waals surface area contributed by atoms with E-state index in [0.29, 0.717) is 11.5 Å². The Bertz CT molecular complexity index is 1210. The number of benzene rings is 2. The van der Waals surface area contributed by atoms with Gasteiger partial charge in [-0.15, -0.1) is 0 Å². The van der Waals surface area contributed by atoms with E-state index in [4.69, 9.17) is 9.47 Å². The molecular weight excluding hydrogens is 550 g/mol. The van der Waals surface area contributed by atoms with E-state index in [0.717, 1.165) is 14.3 Å². The van der Waals surface area contributed by atoms with Crippen LogP contribution in [-0.2, 0) is 26.2 Å². The molecule has 2 amide bonds. The van der Waals surface area contributed by atoms with Gasteiger partial charge in [-0.3, -0.25) is 13.9 Å². The predicted octanol–water partition coefficient (Wildman–Crippen LogP) is 3.67. The number of halogens is 1. The van der Waals surface area contributed by atoms with E-state index in [1.54, 1.807) is 19.1 Å². The molecule has 0 radical (unpaired) electrons. The summed E-state index contributed by atoms with van der Waals surface area (Å²) in [5, 5.41) is 2.90. The third-order valence-corrected chi connectivity index (χ3v) is 7.83. The Morgan fingerprint density at radius 2 is 1.72 bits per heavy atom. The van der Waals surface area contributed by atoms with Crippen molar-refractivity contribution < 1.29 is 27.5 Å².